The second kappa shape index (κ2) is 10.7. The zero-order chi connectivity index (χ0) is 27.9. The van der Waals surface area contributed by atoms with E-state index < -0.39 is 37.7 Å². The van der Waals surface area contributed by atoms with E-state index in [1.165, 1.54) is 0 Å². The zero-order valence-electron chi connectivity index (χ0n) is 23.6. The molecule has 4 aromatic rings. The highest BCUT2D eigenvalue weighted by Crippen LogP contribution is 2.66. The maximum absolute atomic E-state index is 7.52. The maximum Gasteiger partial charge on any atom is 0.261 e. The van der Waals surface area contributed by atoms with Crippen molar-refractivity contribution in [3.63, 3.8) is 0 Å². The highest BCUT2D eigenvalue weighted by atomic mass is 31.2. The van der Waals surface area contributed by atoms with Gasteiger partial charge in [-0.15, -0.1) is 0 Å². The molecule has 0 bridgehead atoms. The molecule has 210 valence electrons. The second-order valence-corrected chi connectivity index (χ2v) is 12.9. The quantitative estimate of drug-likeness (QED) is 0.231. The molecular weight excluding hydrogens is 529 g/mol. The van der Waals surface area contributed by atoms with E-state index in [1.807, 2.05) is 38.1 Å². The molecule has 7 rings (SSSR count). The van der Waals surface area contributed by atoms with Crippen LogP contribution < -0.4 is 0 Å². The highest BCUT2D eigenvalue weighted by molar-refractivity contribution is 7.44. The molecule has 6 heteroatoms. The van der Waals surface area contributed by atoms with E-state index in [-0.39, 0.29) is 0 Å². The standard InChI is InChI=1S/C35H36NO4P/c1-33(2)37-31-32(38-33)35(29-21-11-5-12-22-29,30-23-13-6-14-24-30)40-41(36-25-15-16-26-36)39-34(31,27-17-7-3-8-18-27)28-19-9-4-10-20-28/h3-14,17-24,31-32H,15-16,25-26H2,1-2H3/t31-,32-/m0/s1. The molecule has 0 radical (unpaired) electrons. The third-order valence-electron chi connectivity index (χ3n) is 8.47. The van der Waals surface area contributed by atoms with E-state index in [0.717, 1.165) is 48.2 Å². The molecule has 0 saturated carbocycles. The first kappa shape index (κ1) is 27.0. The highest BCUT2D eigenvalue weighted by Gasteiger charge is 2.67. The Bertz CT molecular complexity index is 1260. The fraction of sp³-hybridized carbons (Fsp3) is 0.314. The van der Waals surface area contributed by atoms with E-state index in [2.05, 4.69) is 102 Å². The molecule has 0 unspecified atom stereocenters. The van der Waals surface area contributed by atoms with Crippen molar-refractivity contribution in [2.45, 2.75) is 55.9 Å². The minimum Gasteiger partial charge on any atom is -0.341 e. The van der Waals surface area contributed by atoms with Crippen molar-refractivity contribution in [3.05, 3.63) is 144 Å². The predicted molar refractivity (Wildman–Crippen MR) is 161 cm³/mol. The van der Waals surface area contributed by atoms with Crippen molar-refractivity contribution in [2.24, 2.45) is 0 Å². The molecule has 0 spiro atoms. The summed E-state index contributed by atoms with van der Waals surface area (Å²) >= 11 is 0. The lowest BCUT2D eigenvalue weighted by Crippen LogP contribution is -2.53. The van der Waals surface area contributed by atoms with Crippen LogP contribution >= 0.6 is 8.53 Å². The molecule has 3 aliphatic heterocycles. The molecular formula is C35H36NO4P. The summed E-state index contributed by atoms with van der Waals surface area (Å²) in [5.74, 6) is -0.876. The Hall–Kier alpha value is -2.89. The average molecular weight is 566 g/mol. The molecule has 0 aromatic heterocycles. The van der Waals surface area contributed by atoms with Gasteiger partial charge in [0.1, 0.15) is 12.2 Å². The molecule has 3 heterocycles. The first-order valence-corrected chi connectivity index (χ1v) is 15.7. The fourth-order valence-corrected chi connectivity index (χ4v) is 8.65. The van der Waals surface area contributed by atoms with Crippen molar-refractivity contribution in [3.8, 4) is 0 Å². The van der Waals surface area contributed by atoms with Gasteiger partial charge in [0.2, 0.25) is 0 Å². The summed E-state index contributed by atoms with van der Waals surface area (Å²) in [6.45, 7) is 5.83. The molecule has 0 aliphatic carbocycles. The summed E-state index contributed by atoms with van der Waals surface area (Å²) in [5, 5.41) is 0. The van der Waals surface area contributed by atoms with Crippen molar-refractivity contribution < 1.29 is 18.5 Å². The van der Waals surface area contributed by atoms with Gasteiger partial charge in [-0.3, -0.25) is 0 Å². The smallest absolute Gasteiger partial charge is 0.261 e. The van der Waals surface area contributed by atoms with E-state index >= 15 is 0 Å². The Kier molecular flexibility index (Phi) is 7.07. The number of benzene rings is 4. The third kappa shape index (κ3) is 4.56. The van der Waals surface area contributed by atoms with Gasteiger partial charge in [-0.25, -0.2) is 4.67 Å². The van der Waals surface area contributed by atoms with Gasteiger partial charge in [0, 0.05) is 13.1 Å². The molecule has 41 heavy (non-hydrogen) atoms. The Morgan fingerprint density at radius 2 is 0.854 bits per heavy atom. The summed E-state index contributed by atoms with van der Waals surface area (Å²) in [6.07, 6.45) is 1.17. The van der Waals surface area contributed by atoms with Gasteiger partial charge in [-0.1, -0.05) is 121 Å². The SMILES string of the molecule is CC1(C)O[C@H]2[C@H](O1)C(c1ccccc1)(c1ccccc1)OP(N1CCCC1)OC2(c1ccccc1)c1ccccc1. The zero-order valence-corrected chi connectivity index (χ0v) is 24.5. The van der Waals surface area contributed by atoms with Crippen LogP contribution in [0.3, 0.4) is 0 Å². The van der Waals surface area contributed by atoms with E-state index in [9.17, 15) is 0 Å². The van der Waals surface area contributed by atoms with Crippen LogP contribution in [-0.2, 0) is 29.7 Å². The summed E-state index contributed by atoms with van der Waals surface area (Å²) in [6, 6.07) is 42.0. The third-order valence-corrected chi connectivity index (χ3v) is 10.2. The van der Waals surface area contributed by atoms with Crippen molar-refractivity contribution in [1.82, 2.24) is 4.67 Å². The van der Waals surface area contributed by atoms with Gasteiger partial charge >= 0.3 is 0 Å². The molecule has 4 aromatic carbocycles. The molecule has 0 N–H and O–H groups in total. The second-order valence-electron chi connectivity index (χ2n) is 11.5. The number of hydrogen-bond donors (Lipinski definition) is 0. The van der Waals surface area contributed by atoms with Gasteiger partial charge < -0.3 is 18.5 Å². The average Bonchev–Trinajstić information content (AvgIpc) is 3.65. The summed E-state index contributed by atoms with van der Waals surface area (Å²) in [4.78, 5) is 0. The van der Waals surface area contributed by atoms with Crippen LogP contribution in [0, 0.1) is 0 Å². The normalized spacial score (nSPS) is 25.4. The lowest BCUT2D eigenvalue weighted by molar-refractivity contribution is -0.175. The van der Waals surface area contributed by atoms with Gasteiger partial charge in [-0.05, 0) is 48.9 Å². The molecule has 3 saturated heterocycles. The number of nitrogens with zero attached hydrogens (tertiary/aromatic N) is 1. The Morgan fingerprint density at radius 1 is 0.537 bits per heavy atom. The predicted octanol–water partition coefficient (Wildman–Crippen LogP) is 7.76. The van der Waals surface area contributed by atoms with Crippen LogP contribution in [0.2, 0.25) is 0 Å². The van der Waals surface area contributed by atoms with E-state index in [0.29, 0.717) is 0 Å². The number of fused-ring (bicyclic) bond motifs is 1. The summed E-state index contributed by atoms with van der Waals surface area (Å²) < 4.78 is 31.5. The van der Waals surface area contributed by atoms with Crippen LogP contribution in [0.4, 0.5) is 0 Å². The first-order chi connectivity index (χ1) is 20.0. The van der Waals surface area contributed by atoms with Crippen LogP contribution in [0.5, 0.6) is 0 Å². The molecule has 3 fully saturated rings. The molecule has 2 atom stereocenters. The number of ether oxygens (including phenoxy) is 2. The summed E-state index contributed by atoms with van der Waals surface area (Å²) in [7, 11) is -1.55. The summed E-state index contributed by atoms with van der Waals surface area (Å²) in [5.41, 5.74) is 2.12. The topological polar surface area (TPSA) is 40.2 Å². The Morgan fingerprint density at radius 3 is 1.17 bits per heavy atom. The van der Waals surface area contributed by atoms with Crippen LogP contribution in [0.1, 0.15) is 48.9 Å². The monoisotopic (exact) mass is 565 g/mol. The lowest BCUT2D eigenvalue weighted by Gasteiger charge is -2.41. The van der Waals surface area contributed by atoms with E-state index in [1.54, 1.807) is 0 Å². The number of hydrogen-bond acceptors (Lipinski definition) is 5. The maximum atomic E-state index is 7.52. The van der Waals surface area contributed by atoms with E-state index in [4.69, 9.17) is 18.5 Å². The van der Waals surface area contributed by atoms with Crippen LogP contribution in [0.25, 0.3) is 0 Å². The molecule has 0 amide bonds. The molecule has 3 aliphatic rings. The fourth-order valence-electron chi connectivity index (χ4n) is 6.65. The number of rotatable bonds is 5. The van der Waals surface area contributed by atoms with Crippen molar-refractivity contribution in [2.75, 3.05) is 13.1 Å². The minimum atomic E-state index is -1.55. The minimum absolute atomic E-state index is 0.530. The van der Waals surface area contributed by atoms with Gasteiger partial charge in [0.25, 0.3) is 8.53 Å². The van der Waals surface area contributed by atoms with Crippen LogP contribution in [-0.4, -0.2) is 35.8 Å². The van der Waals surface area contributed by atoms with Gasteiger partial charge in [0.15, 0.2) is 17.0 Å². The van der Waals surface area contributed by atoms with Gasteiger partial charge in [-0.2, -0.15) is 0 Å². The lowest BCUT2D eigenvalue weighted by atomic mass is 9.72. The Balaban J connectivity index is 1.56. The Labute approximate surface area is 244 Å². The first-order valence-electron chi connectivity index (χ1n) is 14.5. The van der Waals surface area contributed by atoms with Crippen LogP contribution in [0.15, 0.2) is 121 Å². The van der Waals surface area contributed by atoms with Gasteiger partial charge in [0.05, 0.1) is 0 Å². The molecule has 5 nitrogen and oxygen atoms in total. The van der Waals surface area contributed by atoms with Crippen molar-refractivity contribution in [1.29, 1.82) is 0 Å². The largest absolute Gasteiger partial charge is 0.341 e. The van der Waals surface area contributed by atoms with Crippen molar-refractivity contribution >= 4 is 8.53 Å².